The van der Waals surface area contributed by atoms with Gasteiger partial charge in [0.25, 0.3) is 0 Å². The summed E-state index contributed by atoms with van der Waals surface area (Å²) in [5.41, 5.74) is 1.15. The molecular weight excluding hydrogens is 258 g/mol. The van der Waals surface area contributed by atoms with Gasteiger partial charge in [-0.05, 0) is 39.7 Å². The Labute approximate surface area is 121 Å². The monoisotopic (exact) mass is 283 g/mol. The van der Waals surface area contributed by atoms with E-state index in [0.717, 1.165) is 23.1 Å². The Morgan fingerprint density at radius 2 is 2.11 bits per heavy atom. The van der Waals surface area contributed by atoms with Crippen molar-refractivity contribution in [3.63, 3.8) is 0 Å². The summed E-state index contributed by atoms with van der Waals surface area (Å²) in [5, 5.41) is 8.62. The van der Waals surface area contributed by atoms with E-state index in [2.05, 4.69) is 28.9 Å². The lowest BCUT2D eigenvalue weighted by atomic mass is 9.97. The van der Waals surface area contributed by atoms with Crippen molar-refractivity contribution in [1.29, 1.82) is 0 Å². The molecule has 0 aliphatic heterocycles. The number of nitrogens with zero attached hydrogens (tertiary/aromatic N) is 2. The molecule has 1 saturated carbocycles. The van der Waals surface area contributed by atoms with E-state index in [0.29, 0.717) is 12.1 Å². The van der Waals surface area contributed by atoms with Crippen LogP contribution in [0.3, 0.4) is 0 Å². The van der Waals surface area contributed by atoms with Crippen molar-refractivity contribution in [2.24, 2.45) is 5.92 Å². The van der Waals surface area contributed by atoms with Crippen molar-refractivity contribution in [1.82, 2.24) is 15.1 Å². The van der Waals surface area contributed by atoms with Gasteiger partial charge in [-0.15, -0.1) is 0 Å². The number of hydrogen-bond donors (Lipinski definition) is 1. The topological polar surface area (TPSA) is 29.9 Å². The molecule has 1 atom stereocenters. The number of halogens is 1. The van der Waals surface area contributed by atoms with E-state index in [1.807, 2.05) is 7.05 Å². The predicted octanol–water partition coefficient (Wildman–Crippen LogP) is 4.35. The number of nitrogens with one attached hydrogen (secondary N) is 1. The van der Waals surface area contributed by atoms with Crippen molar-refractivity contribution < 1.29 is 0 Å². The fourth-order valence-corrected chi connectivity index (χ4v) is 3.47. The van der Waals surface area contributed by atoms with Crippen molar-refractivity contribution in [3.8, 4) is 0 Å². The predicted molar refractivity (Wildman–Crippen MR) is 80.6 cm³/mol. The van der Waals surface area contributed by atoms with Crippen LogP contribution < -0.4 is 5.32 Å². The molecule has 1 aromatic heterocycles. The van der Waals surface area contributed by atoms with Crippen LogP contribution in [0.1, 0.15) is 70.2 Å². The van der Waals surface area contributed by atoms with Crippen LogP contribution in [0.5, 0.6) is 0 Å². The van der Waals surface area contributed by atoms with Crippen LogP contribution in [-0.2, 0) is 0 Å². The largest absolute Gasteiger partial charge is 0.312 e. The molecule has 0 bridgehead atoms. The van der Waals surface area contributed by atoms with E-state index in [1.165, 1.54) is 32.1 Å². The molecule has 0 amide bonds. The van der Waals surface area contributed by atoms with Gasteiger partial charge in [0.1, 0.15) is 0 Å². The first kappa shape index (κ1) is 14.9. The summed E-state index contributed by atoms with van der Waals surface area (Å²) in [6, 6.07) is 0.669. The van der Waals surface area contributed by atoms with E-state index in [4.69, 9.17) is 11.6 Å². The lowest BCUT2D eigenvalue weighted by molar-refractivity contribution is 0.397. The molecule has 0 spiro atoms. The highest BCUT2D eigenvalue weighted by atomic mass is 35.5. The summed E-state index contributed by atoms with van der Waals surface area (Å²) in [5.74, 6) is 0.921. The minimum atomic E-state index is 0.318. The third kappa shape index (κ3) is 3.51. The number of hydrogen-bond acceptors (Lipinski definition) is 2. The van der Waals surface area contributed by atoms with Crippen molar-refractivity contribution in [2.75, 3.05) is 7.05 Å². The highest BCUT2D eigenvalue weighted by molar-refractivity contribution is 6.31. The zero-order valence-corrected chi connectivity index (χ0v) is 13.1. The van der Waals surface area contributed by atoms with Crippen LogP contribution in [0.4, 0.5) is 0 Å². The van der Waals surface area contributed by atoms with Gasteiger partial charge < -0.3 is 5.32 Å². The summed E-state index contributed by atoms with van der Waals surface area (Å²) in [7, 11) is 2.02. The van der Waals surface area contributed by atoms with Crippen LogP contribution in [0.15, 0.2) is 6.20 Å². The first-order chi connectivity index (χ1) is 9.13. The van der Waals surface area contributed by atoms with Gasteiger partial charge in [-0.25, -0.2) is 0 Å². The Hall–Kier alpha value is -0.540. The second-order valence-electron chi connectivity index (χ2n) is 5.99. The molecule has 2 rings (SSSR count). The van der Waals surface area contributed by atoms with Gasteiger partial charge in [0.05, 0.1) is 23.0 Å². The molecule has 1 aromatic rings. The summed E-state index contributed by atoms with van der Waals surface area (Å²) < 4.78 is 2.05. The standard InChI is InChI=1S/C15H26ClN3/c1-11(2)19-15(13(16)10-18-19)14(17-3)9-8-12-6-4-5-7-12/h10-12,14,17H,4-9H2,1-3H3. The molecule has 3 nitrogen and oxygen atoms in total. The zero-order valence-electron chi connectivity index (χ0n) is 12.3. The van der Waals surface area contributed by atoms with E-state index < -0.39 is 0 Å². The quantitative estimate of drug-likeness (QED) is 0.841. The minimum Gasteiger partial charge on any atom is -0.312 e. The van der Waals surface area contributed by atoms with E-state index in [-0.39, 0.29) is 0 Å². The third-order valence-electron chi connectivity index (χ3n) is 4.29. The molecule has 1 heterocycles. The van der Waals surface area contributed by atoms with Gasteiger partial charge in [-0.1, -0.05) is 37.3 Å². The van der Waals surface area contributed by atoms with Gasteiger partial charge in [0.15, 0.2) is 0 Å². The zero-order chi connectivity index (χ0) is 13.8. The Morgan fingerprint density at radius 3 is 2.68 bits per heavy atom. The van der Waals surface area contributed by atoms with Gasteiger partial charge in [0.2, 0.25) is 0 Å². The Morgan fingerprint density at radius 1 is 1.42 bits per heavy atom. The van der Waals surface area contributed by atoms with Crippen LogP contribution in [0, 0.1) is 5.92 Å². The maximum absolute atomic E-state index is 6.33. The highest BCUT2D eigenvalue weighted by Gasteiger charge is 2.22. The van der Waals surface area contributed by atoms with Crippen LogP contribution in [0.2, 0.25) is 5.02 Å². The Bertz CT molecular complexity index is 394. The van der Waals surface area contributed by atoms with E-state index in [9.17, 15) is 0 Å². The first-order valence-corrected chi connectivity index (χ1v) is 7.91. The number of rotatable bonds is 6. The van der Waals surface area contributed by atoms with Gasteiger partial charge in [-0.2, -0.15) is 5.10 Å². The van der Waals surface area contributed by atoms with E-state index in [1.54, 1.807) is 6.20 Å². The number of aromatic nitrogens is 2. The fraction of sp³-hybridized carbons (Fsp3) is 0.800. The summed E-state index contributed by atoms with van der Waals surface area (Å²) in [6.07, 6.45) is 9.88. The molecule has 1 N–H and O–H groups in total. The normalized spacial score (nSPS) is 18.4. The molecular formula is C15H26ClN3. The minimum absolute atomic E-state index is 0.318. The molecule has 0 radical (unpaired) electrons. The third-order valence-corrected chi connectivity index (χ3v) is 4.58. The SMILES string of the molecule is CNC(CCC1CCCC1)c1c(Cl)cnn1C(C)C. The molecule has 19 heavy (non-hydrogen) atoms. The van der Waals surface area contributed by atoms with E-state index >= 15 is 0 Å². The van der Waals surface area contributed by atoms with Gasteiger partial charge in [0, 0.05) is 6.04 Å². The van der Waals surface area contributed by atoms with Crippen LogP contribution in [0.25, 0.3) is 0 Å². The van der Waals surface area contributed by atoms with Crippen molar-refractivity contribution in [2.45, 2.75) is 64.5 Å². The maximum atomic E-state index is 6.33. The van der Waals surface area contributed by atoms with Gasteiger partial charge >= 0.3 is 0 Å². The lowest BCUT2D eigenvalue weighted by Crippen LogP contribution is -2.22. The molecule has 1 unspecified atom stereocenters. The average Bonchev–Trinajstić information content (AvgIpc) is 3.00. The highest BCUT2D eigenvalue weighted by Crippen LogP contribution is 2.33. The fourth-order valence-electron chi connectivity index (χ4n) is 3.21. The Kier molecular flexibility index (Phi) is 5.28. The van der Waals surface area contributed by atoms with Crippen molar-refractivity contribution >= 4 is 11.6 Å². The second-order valence-corrected chi connectivity index (χ2v) is 6.39. The van der Waals surface area contributed by atoms with Crippen LogP contribution >= 0.6 is 11.6 Å². The molecule has 1 aliphatic rings. The average molecular weight is 284 g/mol. The summed E-state index contributed by atoms with van der Waals surface area (Å²) >= 11 is 6.33. The molecule has 108 valence electrons. The first-order valence-electron chi connectivity index (χ1n) is 7.53. The van der Waals surface area contributed by atoms with Gasteiger partial charge in [-0.3, -0.25) is 4.68 Å². The smallest absolute Gasteiger partial charge is 0.0834 e. The summed E-state index contributed by atoms with van der Waals surface area (Å²) in [6.45, 7) is 4.30. The Balaban J connectivity index is 2.05. The van der Waals surface area contributed by atoms with Crippen LogP contribution in [-0.4, -0.2) is 16.8 Å². The molecule has 1 fully saturated rings. The molecule has 4 heteroatoms. The lowest BCUT2D eigenvalue weighted by Gasteiger charge is -2.22. The molecule has 1 aliphatic carbocycles. The van der Waals surface area contributed by atoms with Crippen molar-refractivity contribution in [3.05, 3.63) is 16.9 Å². The molecule has 0 saturated heterocycles. The molecule has 0 aromatic carbocycles. The maximum Gasteiger partial charge on any atom is 0.0834 e. The second kappa shape index (κ2) is 6.76. The summed E-state index contributed by atoms with van der Waals surface area (Å²) in [4.78, 5) is 0.